The molecule has 1 aliphatic heterocycles. The molecule has 0 aliphatic carbocycles. The zero-order valence-electron chi connectivity index (χ0n) is 9.30. The largest absolute Gasteiger partial charge is 0.384 e. The second-order valence-corrected chi connectivity index (χ2v) is 5.76. The van der Waals surface area contributed by atoms with Gasteiger partial charge in [0.1, 0.15) is 5.82 Å². The molecule has 17 heavy (non-hydrogen) atoms. The Morgan fingerprint density at radius 3 is 2.94 bits per heavy atom. The van der Waals surface area contributed by atoms with Gasteiger partial charge in [0, 0.05) is 6.61 Å². The Labute approximate surface area is 100 Å². The zero-order chi connectivity index (χ0) is 12.3. The number of rotatable bonds is 4. The average molecular weight is 257 g/mol. The van der Waals surface area contributed by atoms with Crippen LogP contribution in [0.4, 0.5) is 11.5 Å². The average Bonchev–Trinajstić information content (AvgIpc) is 2.73. The summed E-state index contributed by atoms with van der Waals surface area (Å²) in [5.74, 6) is 0.337. The molecular weight excluding hydrogens is 242 g/mol. The molecule has 1 unspecified atom stereocenters. The van der Waals surface area contributed by atoms with Crippen LogP contribution in [0, 0.1) is 0 Å². The van der Waals surface area contributed by atoms with Crippen LogP contribution in [0.2, 0.25) is 0 Å². The third-order valence-electron chi connectivity index (χ3n) is 2.49. The first-order valence-corrected chi connectivity index (χ1v) is 7.04. The highest BCUT2D eigenvalue weighted by Crippen LogP contribution is 2.16. The van der Waals surface area contributed by atoms with Crippen LogP contribution in [0.15, 0.2) is 18.3 Å². The molecule has 0 amide bonds. The number of pyridine rings is 1. The summed E-state index contributed by atoms with van der Waals surface area (Å²) in [5.41, 5.74) is 5.83. The van der Waals surface area contributed by atoms with E-state index in [4.69, 9.17) is 10.5 Å². The molecule has 7 heteroatoms. The standard InChI is InChI=1S/C10H15N3O3S/c11-10-4-3-8(6-12-10)13-17(14,15)7-9-2-1-5-16-9/h3-4,6,9,13H,1-2,5,7H2,(H2,11,12). The summed E-state index contributed by atoms with van der Waals surface area (Å²) in [4.78, 5) is 3.81. The maximum absolute atomic E-state index is 11.8. The quantitative estimate of drug-likeness (QED) is 0.823. The molecule has 1 saturated heterocycles. The topological polar surface area (TPSA) is 94.3 Å². The van der Waals surface area contributed by atoms with Gasteiger partial charge in [-0.05, 0) is 25.0 Å². The van der Waals surface area contributed by atoms with E-state index in [2.05, 4.69) is 9.71 Å². The second-order valence-electron chi connectivity index (χ2n) is 3.99. The van der Waals surface area contributed by atoms with Crippen molar-refractivity contribution in [1.82, 2.24) is 4.98 Å². The smallest absolute Gasteiger partial charge is 0.235 e. The lowest BCUT2D eigenvalue weighted by molar-refractivity contribution is 0.127. The maximum Gasteiger partial charge on any atom is 0.235 e. The van der Waals surface area contributed by atoms with E-state index in [-0.39, 0.29) is 11.9 Å². The molecule has 2 rings (SSSR count). The number of nitrogen functional groups attached to an aromatic ring is 1. The minimum Gasteiger partial charge on any atom is -0.384 e. The molecule has 0 radical (unpaired) electrons. The predicted octanol–water partition coefficient (Wildman–Crippen LogP) is 0.584. The number of nitrogens with one attached hydrogen (secondary N) is 1. The van der Waals surface area contributed by atoms with Crippen LogP contribution in [-0.4, -0.2) is 31.9 Å². The van der Waals surface area contributed by atoms with E-state index in [0.29, 0.717) is 18.1 Å². The number of anilines is 2. The number of sulfonamides is 1. The van der Waals surface area contributed by atoms with Gasteiger partial charge < -0.3 is 10.5 Å². The van der Waals surface area contributed by atoms with E-state index in [1.165, 1.54) is 6.20 Å². The summed E-state index contributed by atoms with van der Waals surface area (Å²) in [5, 5.41) is 0. The lowest BCUT2D eigenvalue weighted by atomic mass is 10.3. The SMILES string of the molecule is Nc1ccc(NS(=O)(=O)CC2CCCO2)cn1. The summed E-state index contributed by atoms with van der Waals surface area (Å²) in [6, 6.07) is 3.12. The van der Waals surface area contributed by atoms with Crippen molar-refractivity contribution in [3.8, 4) is 0 Å². The van der Waals surface area contributed by atoms with E-state index in [1.807, 2.05) is 0 Å². The highest BCUT2D eigenvalue weighted by atomic mass is 32.2. The van der Waals surface area contributed by atoms with Gasteiger partial charge in [0.25, 0.3) is 0 Å². The van der Waals surface area contributed by atoms with Crippen molar-refractivity contribution in [2.75, 3.05) is 22.8 Å². The van der Waals surface area contributed by atoms with Crippen LogP contribution in [0.1, 0.15) is 12.8 Å². The van der Waals surface area contributed by atoms with Crippen LogP contribution < -0.4 is 10.5 Å². The van der Waals surface area contributed by atoms with E-state index in [1.54, 1.807) is 12.1 Å². The Bertz CT molecular complexity index is 466. The Hall–Kier alpha value is -1.34. The summed E-state index contributed by atoms with van der Waals surface area (Å²) in [6.45, 7) is 0.642. The summed E-state index contributed by atoms with van der Waals surface area (Å²) >= 11 is 0. The number of nitrogens with two attached hydrogens (primary N) is 1. The van der Waals surface area contributed by atoms with Crippen molar-refractivity contribution in [2.45, 2.75) is 18.9 Å². The summed E-state index contributed by atoms with van der Waals surface area (Å²) in [7, 11) is -3.39. The lowest BCUT2D eigenvalue weighted by Gasteiger charge is -2.11. The third-order valence-corrected chi connectivity index (χ3v) is 3.85. The van der Waals surface area contributed by atoms with Gasteiger partial charge in [-0.25, -0.2) is 13.4 Å². The van der Waals surface area contributed by atoms with Crippen molar-refractivity contribution in [3.63, 3.8) is 0 Å². The van der Waals surface area contributed by atoms with Gasteiger partial charge in [0.2, 0.25) is 10.0 Å². The van der Waals surface area contributed by atoms with E-state index >= 15 is 0 Å². The van der Waals surface area contributed by atoms with Gasteiger partial charge in [-0.1, -0.05) is 0 Å². The van der Waals surface area contributed by atoms with Crippen LogP contribution >= 0.6 is 0 Å². The fraction of sp³-hybridized carbons (Fsp3) is 0.500. The van der Waals surface area contributed by atoms with Gasteiger partial charge in [0.05, 0.1) is 23.7 Å². The molecule has 2 heterocycles. The number of ether oxygens (including phenoxy) is 1. The highest BCUT2D eigenvalue weighted by molar-refractivity contribution is 7.92. The predicted molar refractivity (Wildman–Crippen MR) is 65.0 cm³/mol. The molecule has 1 aromatic heterocycles. The van der Waals surface area contributed by atoms with Crippen molar-refractivity contribution in [1.29, 1.82) is 0 Å². The van der Waals surface area contributed by atoms with E-state index in [9.17, 15) is 8.42 Å². The number of aromatic nitrogens is 1. The number of hydrogen-bond donors (Lipinski definition) is 2. The molecule has 1 fully saturated rings. The molecule has 1 atom stereocenters. The van der Waals surface area contributed by atoms with Gasteiger partial charge in [0.15, 0.2) is 0 Å². The Morgan fingerprint density at radius 1 is 1.53 bits per heavy atom. The normalized spacial score (nSPS) is 20.4. The molecule has 1 aliphatic rings. The Kier molecular flexibility index (Phi) is 3.49. The molecule has 0 aromatic carbocycles. The monoisotopic (exact) mass is 257 g/mol. The molecule has 3 N–H and O–H groups in total. The van der Waals surface area contributed by atoms with Crippen molar-refractivity contribution < 1.29 is 13.2 Å². The Morgan fingerprint density at radius 2 is 2.35 bits per heavy atom. The van der Waals surface area contributed by atoms with Crippen molar-refractivity contribution in [2.24, 2.45) is 0 Å². The zero-order valence-corrected chi connectivity index (χ0v) is 10.1. The number of nitrogens with zero attached hydrogens (tertiary/aromatic N) is 1. The molecule has 0 bridgehead atoms. The first-order chi connectivity index (χ1) is 8.05. The fourth-order valence-electron chi connectivity index (χ4n) is 1.71. The first kappa shape index (κ1) is 12.1. The van der Waals surface area contributed by atoms with Crippen LogP contribution in [-0.2, 0) is 14.8 Å². The third kappa shape index (κ3) is 3.57. The van der Waals surface area contributed by atoms with Crippen LogP contribution in [0.5, 0.6) is 0 Å². The minimum absolute atomic E-state index is 0.0165. The molecule has 94 valence electrons. The first-order valence-electron chi connectivity index (χ1n) is 5.39. The minimum atomic E-state index is -3.39. The van der Waals surface area contributed by atoms with Gasteiger partial charge in [-0.2, -0.15) is 0 Å². The summed E-state index contributed by atoms with van der Waals surface area (Å²) < 4.78 is 31.3. The maximum atomic E-state index is 11.8. The van der Waals surface area contributed by atoms with Crippen molar-refractivity contribution >= 4 is 21.5 Å². The molecule has 6 nitrogen and oxygen atoms in total. The molecule has 0 spiro atoms. The van der Waals surface area contributed by atoms with Crippen LogP contribution in [0.25, 0.3) is 0 Å². The molecule has 0 saturated carbocycles. The van der Waals surface area contributed by atoms with Gasteiger partial charge in [-0.3, -0.25) is 4.72 Å². The van der Waals surface area contributed by atoms with E-state index < -0.39 is 10.0 Å². The van der Waals surface area contributed by atoms with Crippen LogP contribution in [0.3, 0.4) is 0 Å². The van der Waals surface area contributed by atoms with Gasteiger partial charge >= 0.3 is 0 Å². The lowest BCUT2D eigenvalue weighted by Crippen LogP contribution is -2.25. The Balaban J connectivity index is 1.98. The highest BCUT2D eigenvalue weighted by Gasteiger charge is 2.23. The second kappa shape index (κ2) is 4.89. The molecular formula is C10H15N3O3S. The fourth-order valence-corrected chi connectivity index (χ4v) is 3.02. The van der Waals surface area contributed by atoms with Gasteiger partial charge in [-0.15, -0.1) is 0 Å². The van der Waals surface area contributed by atoms with E-state index in [0.717, 1.165) is 12.8 Å². The molecule has 1 aromatic rings. The number of hydrogen-bond acceptors (Lipinski definition) is 5. The summed E-state index contributed by atoms with van der Waals surface area (Å²) in [6.07, 6.45) is 2.90. The van der Waals surface area contributed by atoms with Crippen molar-refractivity contribution in [3.05, 3.63) is 18.3 Å².